The van der Waals surface area contributed by atoms with Crippen molar-refractivity contribution in [1.29, 1.82) is 0 Å². The minimum Gasteiger partial charge on any atom is -0.462 e. The van der Waals surface area contributed by atoms with Gasteiger partial charge in [-0.1, -0.05) is 20.8 Å². The van der Waals surface area contributed by atoms with Crippen LogP contribution in [0.2, 0.25) is 0 Å². The second kappa shape index (κ2) is 7.38. The summed E-state index contributed by atoms with van der Waals surface area (Å²) in [6.45, 7) is 11.0. The molecule has 0 spiro atoms. The molecule has 0 fully saturated rings. The molecule has 0 saturated heterocycles. The van der Waals surface area contributed by atoms with Gasteiger partial charge in [0, 0.05) is 28.9 Å². The fraction of sp³-hybridized carbons (Fsp3) is 0.500. The molecule has 0 aromatic carbocycles. The summed E-state index contributed by atoms with van der Waals surface area (Å²) in [5.74, 6) is 0.279. The summed E-state index contributed by atoms with van der Waals surface area (Å²) in [5.41, 5.74) is 1.19. The zero-order valence-electron chi connectivity index (χ0n) is 14.9. The molecule has 0 bridgehead atoms. The highest BCUT2D eigenvalue weighted by Crippen LogP contribution is 2.23. The van der Waals surface area contributed by atoms with Gasteiger partial charge < -0.3 is 9.30 Å². The van der Waals surface area contributed by atoms with Crippen molar-refractivity contribution < 1.29 is 9.53 Å². The van der Waals surface area contributed by atoms with Crippen LogP contribution < -0.4 is 5.43 Å². The molecule has 2 heterocycles. The number of hydrogen-bond donors (Lipinski definition) is 0. The van der Waals surface area contributed by atoms with E-state index in [4.69, 9.17) is 4.74 Å². The molecule has 5 nitrogen and oxygen atoms in total. The Kier molecular flexibility index (Phi) is 5.70. The van der Waals surface area contributed by atoms with Crippen LogP contribution in [0.25, 0.3) is 11.0 Å². The maximum atomic E-state index is 12.6. The number of carbonyl (C=O) groups is 1. The largest absolute Gasteiger partial charge is 0.462 e. The van der Waals surface area contributed by atoms with Gasteiger partial charge in [-0.05, 0) is 26.0 Å². The second-order valence-electron chi connectivity index (χ2n) is 6.57. The summed E-state index contributed by atoms with van der Waals surface area (Å²) in [6, 6.07) is 3.52. The number of ether oxygens (including phenoxy) is 1. The Hall–Kier alpha value is -1.82. The number of hydrogen-bond acceptors (Lipinski definition) is 5. The molecule has 2 aromatic heterocycles. The number of thioether (sulfide) groups is 1. The normalized spacial score (nSPS) is 11.7. The van der Waals surface area contributed by atoms with Gasteiger partial charge in [-0.25, -0.2) is 9.78 Å². The summed E-state index contributed by atoms with van der Waals surface area (Å²) >= 11 is 1.83. The summed E-state index contributed by atoms with van der Waals surface area (Å²) in [6.07, 6.45) is 1.58. The number of aromatic nitrogens is 2. The first-order valence-electron chi connectivity index (χ1n) is 8.05. The van der Waals surface area contributed by atoms with Crippen LogP contribution >= 0.6 is 11.8 Å². The predicted molar refractivity (Wildman–Crippen MR) is 98.9 cm³/mol. The van der Waals surface area contributed by atoms with Crippen LogP contribution in [0, 0.1) is 6.92 Å². The molecular weight excluding hydrogens is 324 g/mol. The molecule has 0 aliphatic rings. The Labute approximate surface area is 146 Å². The molecular formula is C18H24N2O3S. The van der Waals surface area contributed by atoms with E-state index < -0.39 is 5.97 Å². The Bertz CT molecular complexity index is 806. The highest BCUT2D eigenvalue weighted by atomic mass is 32.2. The lowest BCUT2D eigenvalue weighted by Gasteiger charge is -2.19. The first-order valence-corrected chi connectivity index (χ1v) is 9.03. The Morgan fingerprint density at radius 2 is 2.04 bits per heavy atom. The number of nitrogens with zero attached hydrogens (tertiary/aromatic N) is 2. The van der Waals surface area contributed by atoms with Crippen molar-refractivity contribution in [1.82, 2.24) is 9.55 Å². The highest BCUT2D eigenvalue weighted by Gasteiger charge is 2.18. The fourth-order valence-corrected chi connectivity index (χ4v) is 3.24. The first kappa shape index (κ1) is 18.5. The lowest BCUT2D eigenvalue weighted by molar-refractivity contribution is 0.0524. The molecule has 24 heavy (non-hydrogen) atoms. The van der Waals surface area contributed by atoms with Crippen LogP contribution in [0.4, 0.5) is 0 Å². The standard InChI is InChI=1S/C18H24N2O3S/c1-6-23-17(22)14-11-20(9-10-24-18(3,4)5)16-13(15(14)21)8-7-12(2)19-16/h7-8,11H,6,9-10H2,1-5H3. The molecule has 0 aliphatic carbocycles. The summed E-state index contributed by atoms with van der Waals surface area (Å²) in [5, 5.41) is 0.451. The number of fused-ring (bicyclic) bond motifs is 1. The predicted octanol–water partition coefficient (Wildman–Crippen LogP) is 3.41. The van der Waals surface area contributed by atoms with Crippen molar-refractivity contribution >= 4 is 28.8 Å². The molecule has 130 valence electrons. The Morgan fingerprint density at radius 1 is 1.33 bits per heavy atom. The molecule has 6 heteroatoms. The van der Waals surface area contributed by atoms with Crippen LogP contribution in [-0.2, 0) is 11.3 Å². The quantitative estimate of drug-likeness (QED) is 0.775. The van der Waals surface area contributed by atoms with E-state index in [2.05, 4.69) is 25.8 Å². The monoisotopic (exact) mass is 348 g/mol. The first-order chi connectivity index (χ1) is 11.2. The number of pyridine rings is 2. The van der Waals surface area contributed by atoms with Gasteiger partial charge >= 0.3 is 5.97 Å². The van der Waals surface area contributed by atoms with Gasteiger partial charge in [0.2, 0.25) is 5.43 Å². The smallest absolute Gasteiger partial charge is 0.343 e. The maximum absolute atomic E-state index is 12.6. The average Bonchev–Trinajstić information content (AvgIpc) is 2.48. The third-order valence-electron chi connectivity index (χ3n) is 3.42. The van der Waals surface area contributed by atoms with E-state index in [9.17, 15) is 9.59 Å². The van der Waals surface area contributed by atoms with Gasteiger partial charge in [-0.15, -0.1) is 0 Å². The van der Waals surface area contributed by atoms with Crippen LogP contribution in [0.1, 0.15) is 43.7 Å². The van der Waals surface area contributed by atoms with Gasteiger partial charge in [0.25, 0.3) is 0 Å². The zero-order chi connectivity index (χ0) is 17.9. The van der Waals surface area contributed by atoms with E-state index >= 15 is 0 Å². The van der Waals surface area contributed by atoms with Crippen molar-refractivity contribution in [3.05, 3.63) is 39.8 Å². The summed E-state index contributed by atoms with van der Waals surface area (Å²) in [7, 11) is 0. The molecule has 0 radical (unpaired) electrons. The third-order valence-corrected chi connectivity index (χ3v) is 4.68. The molecule has 0 unspecified atom stereocenters. The van der Waals surface area contributed by atoms with Gasteiger partial charge in [-0.2, -0.15) is 11.8 Å². The molecule has 0 aliphatic heterocycles. The summed E-state index contributed by atoms with van der Waals surface area (Å²) in [4.78, 5) is 29.2. The molecule has 0 atom stereocenters. The van der Waals surface area contributed by atoms with Gasteiger partial charge in [0.15, 0.2) is 0 Å². The van der Waals surface area contributed by atoms with Crippen molar-refractivity contribution in [2.45, 2.75) is 45.9 Å². The van der Waals surface area contributed by atoms with Crippen LogP contribution in [-0.4, -0.2) is 32.6 Å². The molecule has 2 rings (SSSR count). The minimum atomic E-state index is -0.581. The van der Waals surface area contributed by atoms with E-state index in [0.29, 0.717) is 17.6 Å². The molecule has 2 aromatic rings. The number of carbonyl (C=O) groups excluding carboxylic acids is 1. The maximum Gasteiger partial charge on any atom is 0.343 e. The number of rotatable bonds is 5. The lowest BCUT2D eigenvalue weighted by atomic mass is 10.2. The molecule has 0 N–H and O–H groups in total. The van der Waals surface area contributed by atoms with E-state index in [0.717, 1.165) is 11.4 Å². The van der Waals surface area contributed by atoms with Gasteiger partial charge in [0.05, 0.1) is 12.0 Å². The second-order valence-corrected chi connectivity index (χ2v) is 8.49. The van der Waals surface area contributed by atoms with Crippen molar-refractivity contribution in [2.24, 2.45) is 0 Å². The Morgan fingerprint density at radius 3 is 2.67 bits per heavy atom. The highest BCUT2D eigenvalue weighted by molar-refractivity contribution is 8.00. The summed E-state index contributed by atoms with van der Waals surface area (Å²) < 4.78 is 7.06. The van der Waals surface area contributed by atoms with E-state index in [1.54, 1.807) is 25.3 Å². The van der Waals surface area contributed by atoms with Gasteiger partial charge in [-0.3, -0.25) is 4.79 Å². The SMILES string of the molecule is CCOC(=O)c1cn(CCSC(C)(C)C)c2nc(C)ccc2c1=O. The van der Waals surface area contributed by atoms with Crippen LogP contribution in [0.5, 0.6) is 0 Å². The lowest BCUT2D eigenvalue weighted by Crippen LogP contribution is -2.22. The average molecular weight is 348 g/mol. The van der Waals surface area contributed by atoms with Crippen LogP contribution in [0.3, 0.4) is 0 Å². The fourth-order valence-electron chi connectivity index (χ4n) is 2.33. The van der Waals surface area contributed by atoms with Gasteiger partial charge in [0.1, 0.15) is 11.2 Å². The zero-order valence-corrected chi connectivity index (χ0v) is 15.7. The van der Waals surface area contributed by atoms with E-state index in [1.807, 2.05) is 23.3 Å². The Balaban J connectivity index is 2.50. The van der Waals surface area contributed by atoms with E-state index in [1.165, 1.54) is 0 Å². The third kappa shape index (κ3) is 4.38. The van der Waals surface area contributed by atoms with Crippen molar-refractivity contribution in [2.75, 3.05) is 12.4 Å². The van der Waals surface area contributed by atoms with Crippen LogP contribution in [0.15, 0.2) is 23.1 Å². The number of aryl methyl sites for hydroxylation is 2. The van der Waals surface area contributed by atoms with E-state index in [-0.39, 0.29) is 22.3 Å². The van der Waals surface area contributed by atoms with Crippen molar-refractivity contribution in [3.8, 4) is 0 Å². The topological polar surface area (TPSA) is 61.2 Å². The minimum absolute atomic E-state index is 0.0655. The van der Waals surface area contributed by atoms with Crippen molar-refractivity contribution in [3.63, 3.8) is 0 Å². The molecule has 0 saturated carbocycles. The number of esters is 1. The molecule has 0 amide bonds.